The van der Waals surface area contributed by atoms with Crippen LogP contribution < -0.4 is 4.90 Å². The lowest BCUT2D eigenvalue weighted by Crippen LogP contribution is -2.24. The second-order valence-electron chi connectivity index (χ2n) is 2.76. The highest BCUT2D eigenvalue weighted by atomic mass is 16.3. The number of nitrogens with zero attached hydrogens (tertiary/aromatic N) is 1. The van der Waals surface area contributed by atoms with Crippen LogP contribution in [0.15, 0.2) is 24.3 Å². The molecule has 0 saturated carbocycles. The summed E-state index contributed by atoms with van der Waals surface area (Å²) in [5.74, 6) is 4.79. The first-order valence-corrected chi connectivity index (χ1v) is 4.14. The van der Waals surface area contributed by atoms with Gasteiger partial charge in [-0.05, 0) is 25.0 Å². The molecule has 1 rings (SSSR count). The third kappa shape index (κ3) is 2.27. The van der Waals surface area contributed by atoms with Crippen molar-refractivity contribution in [1.29, 1.82) is 0 Å². The van der Waals surface area contributed by atoms with E-state index in [4.69, 9.17) is 0 Å². The van der Waals surface area contributed by atoms with Gasteiger partial charge in [0.1, 0.15) is 5.75 Å². The quantitative estimate of drug-likeness (QED) is 0.678. The smallest absolute Gasteiger partial charge is 0.302 e. The van der Waals surface area contributed by atoms with Gasteiger partial charge in [-0.25, -0.2) is 0 Å². The number of phenolic OH excluding ortho intramolecular Hbond substituents is 1. The van der Waals surface area contributed by atoms with Crippen LogP contribution in [0.1, 0.15) is 6.92 Å². The van der Waals surface area contributed by atoms with E-state index in [1.807, 2.05) is 0 Å². The summed E-state index contributed by atoms with van der Waals surface area (Å²) in [6.07, 6.45) is 0. The first-order chi connectivity index (χ1) is 6.65. The Morgan fingerprint density at radius 3 is 2.79 bits per heavy atom. The van der Waals surface area contributed by atoms with Gasteiger partial charge in [-0.3, -0.25) is 4.79 Å². The summed E-state index contributed by atoms with van der Waals surface area (Å²) in [5, 5.41) is 9.20. The van der Waals surface area contributed by atoms with Gasteiger partial charge in [-0.1, -0.05) is 12.0 Å². The van der Waals surface area contributed by atoms with Crippen LogP contribution in [0, 0.1) is 11.8 Å². The highest BCUT2D eigenvalue weighted by molar-refractivity contribution is 6.05. The number of carbonyl (C=O) groups excluding carboxylic acids is 1. The van der Waals surface area contributed by atoms with Crippen LogP contribution in [0.2, 0.25) is 0 Å². The number of hydrogen-bond donors (Lipinski definition) is 1. The number of anilines is 1. The maximum Gasteiger partial charge on any atom is 0.302 e. The monoisotopic (exact) mass is 189 g/mol. The summed E-state index contributed by atoms with van der Waals surface area (Å²) in [7, 11) is 1.61. The number of rotatable bonds is 1. The van der Waals surface area contributed by atoms with Crippen LogP contribution in [0.4, 0.5) is 5.69 Å². The second kappa shape index (κ2) is 4.33. The maximum absolute atomic E-state index is 11.3. The van der Waals surface area contributed by atoms with E-state index in [-0.39, 0.29) is 11.7 Å². The Morgan fingerprint density at radius 2 is 2.21 bits per heavy atom. The van der Waals surface area contributed by atoms with E-state index >= 15 is 0 Å². The van der Waals surface area contributed by atoms with E-state index in [1.54, 1.807) is 32.2 Å². The second-order valence-corrected chi connectivity index (χ2v) is 2.76. The standard InChI is InChI=1S/C11H11NO2/c1-3-5-11(14)12(2)9-6-4-7-10(13)8-9/h4,6-8,13H,1-2H3. The van der Waals surface area contributed by atoms with Crippen LogP contribution in [-0.4, -0.2) is 18.1 Å². The lowest BCUT2D eigenvalue weighted by molar-refractivity contribution is -0.113. The Balaban J connectivity index is 2.92. The van der Waals surface area contributed by atoms with Gasteiger partial charge in [0.25, 0.3) is 0 Å². The largest absolute Gasteiger partial charge is 0.508 e. The highest BCUT2D eigenvalue weighted by Crippen LogP contribution is 2.18. The molecule has 0 bridgehead atoms. The van der Waals surface area contributed by atoms with Crippen LogP contribution in [-0.2, 0) is 4.79 Å². The molecule has 0 aliphatic rings. The lowest BCUT2D eigenvalue weighted by Gasteiger charge is -2.13. The Morgan fingerprint density at radius 1 is 1.50 bits per heavy atom. The fourth-order valence-corrected chi connectivity index (χ4v) is 1.01. The zero-order valence-electron chi connectivity index (χ0n) is 8.11. The van der Waals surface area contributed by atoms with Gasteiger partial charge in [0.05, 0.1) is 0 Å². The van der Waals surface area contributed by atoms with E-state index in [2.05, 4.69) is 11.8 Å². The SMILES string of the molecule is CC#CC(=O)N(C)c1cccc(O)c1. The minimum atomic E-state index is -0.293. The van der Waals surface area contributed by atoms with Gasteiger partial charge in [-0.2, -0.15) is 0 Å². The molecular weight excluding hydrogens is 178 g/mol. The molecule has 0 saturated heterocycles. The zero-order valence-corrected chi connectivity index (χ0v) is 8.11. The van der Waals surface area contributed by atoms with Gasteiger partial charge >= 0.3 is 5.91 Å². The van der Waals surface area contributed by atoms with Gasteiger partial charge in [0.15, 0.2) is 0 Å². The molecule has 0 aliphatic heterocycles. The van der Waals surface area contributed by atoms with Crippen molar-refractivity contribution in [3.8, 4) is 17.6 Å². The van der Waals surface area contributed by atoms with E-state index < -0.39 is 0 Å². The molecule has 0 atom stereocenters. The molecular formula is C11H11NO2. The Labute approximate surface area is 83.0 Å². The molecule has 0 radical (unpaired) electrons. The van der Waals surface area contributed by atoms with Crippen molar-refractivity contribution in [2.75, 3.05) is 11.9 Å². The molecule has 1 N–H and O–H groups in total. The fraction of sp³-hybridized carbons (Fsp3) is 0.182. The average Bonchev–Trinajstić information content (AvgIpc) is 2.17. The average molecular weight is 189 g/mol. The molecule has 0 spiro atoms. The predicted octanol–water partition coefficient (Wildman–Crippen LogP) is 1.38. The van der Waals surface area contributed by atoms with Crippen molar-refractivity contribution in [2.45, 2.75) is 6.92 Å². The minimum Gasteiger partial charge on any atom is -0.508 e. The minimum absolute atomic E-state index is 0.131. The van der Waals surface area contributed by atoms with Crippen molar-refractivity contribution in [3.05, 3.63) is 24.3 Å². The van der Waals surface area contributed by atoms with Crippen LogP contribution in [0.25, 0.3) is 0 Å². The molecule has 0 aromatic heterocycles. The van der Waals surface area contributed by atoms with E-state index in [9.17, 15) is 9.90 Å². The third-order valence-corrected chi connectivity index (χ3v) is 1.75. The van der Waals surface area contributed by atoms with Crippen molar-refractivity contribution in [2.24, 2.45) is 0 Å². The van der Waals surface area contributed by atoms with E-state index in [0.717, 1.165) is 0 Å². The molecule has 3 heteroatoms. The Bertz CT molecular complexity index is 401. The molecule has 72 valence electrons. The van der Waals surface area contributed by atoms with Crippen LogP contribution in [0.3, 0.4) is 0 Å². The van der Waals surface area contributed by atoms with Crippen LogP contribution in [0.5, 0.6) is 5.75 Å². The molecule has 0 fully saturated rings. The van der Waals surface area contributed by atoms with Crippen LogP contribution >= 0.6 is 0 Å². The van der Waals surface area contributed by atoms with Crippen molar-refractivity contribution >= 4 is 11.6 Å². The number of aromatic hydroxyl groups is 1. The van der Waals surface area contributed by atoms with E-state index in [0.29, 0.717) is 5.69 Å². The van der Waals surface area contributed by atoms with Gasteiger partial charge in [0.2, 0.25) is 0 Å². The van der Waals surface area contributed by atoms with Crippen molar-refractivity contribution < 1.29 is 9.90 Å². The summed E-state index contributed by atoms with van der Waals surface area (Å²) in [4.78, 5) is 12.7. The number of amides is 1. The first-order valence-electron chi connectivity index (χ1n) is 4.14. The number of carbonyl (C=O) groups is 1. The molecule has 3 nitrogen and oxygen atoms in total. The molecule has 0 unspecified atom stereocenters. The summed E-state index contributed by atoms with van der Waals surface area (Å²) in [5.41, 5.74) is 0.623. The summed E-state index contributed by atoms with van der Waals surface area (Å²) < 4.78 is 0. The van der Waals surface area contributed by atoms with Gasteiger partial charge in [-0.15, -0.1) is 0 Å². The molecule has 1 aromatic rings. The summed E-state index contributed by atoms with van der Waals surface area (Å²) in [6.45, 7) is 1.61. The highest BCUT2D eigenvalue weighted by Gasteiger charge is 2.07. The van der Waals surface area contributed by atoms with Crippen molar-refractivity contribution in [1.82, 2.24) is 0 Å². The summed E-state index contributed by atoms with van der Waals surface area (Å²) >= 11 is 0. The normalized spacial score (nSPS) is 8.71. The Hall–Kier alpha value is -1.95. The first kappa shape index (κ1) is 10.1. The van der Waals surface area contributed by atoms with Gasteiger partial charge in [0, 0.05) is 18.8 Å². The number of hydrogen-bond acceptors (Lipinski definition) is 2. The number of benzene rings is 1. The molecule has 14 heavy (non-hydrogen) atoms. The molecule has 1 amide bonds. The van der Waals surface area contributed by atoms with E-state index in [1.165, 1.54) is 11.0 Å². The maximum atomic E-state index is 11.3. The fourth-order valence-electron chi connectivity index (χ4n) is 1.01. The molecule has 0 aliphatic carbocycles. The predicted molar refractivity (Wildman–Crippen MR) is 55.0 cm³/mol. The summed E-state index contributed by atoms with van der Waals surface area (Å²) in [6, 6.07) is 6.46. The van der Waals surface area contributed by atoms with Gasteiger partial charge < -0.3 is 10.0 Å². The zero-order chi connectivity index (χ0) is 10.6. The molecule has 0 heterocycles. The van der Waals surface area contributed by atoms with Crippen molar-refractivity contribution in [3.63, 3.8) is 0 Å². The third-order valence-electron chi connectivity index (χ3n) is 1.75. The Kier molecular flexibility index (Phi) is 3.14. The topological polar surface area (TPSA) is 40.5 Å². The lowest BCUT2D eigenvalue weighted by atomic mass is 10.3. The number of phenols is 1. The molecule has 1 aromatic carbocycles.